The maximum absolute atomic E-state index is 13.1. The Balaban J connectivity index is 2.18. The van der Waals surface area contributed by atoms with Crippen molar-refractivity contribution in [1.29, 1.82) is 0 Å². The molecule has 0 saturated heterocycles. The zero-order valence-corrected chi connectivity index (χ0v) is 11.1. The lowest BCUT2D eigenvalue weighted by atomic mass is 10.1. The Kier molecular flexibility index (Phi) is 3.99. The number of halogens is 3. The van der Waals surface area contributed by atoms with Gasteiger partial charge in [0.15, 0.2) is 0 Å². The van der Waals surface area contributed by atoms with E-state index in [9.17, 15) is 13.6 Å². The first-order chi connectivity index (χ1) is 8.93. The van der Waals surface area contributed by atoms with E-state index in [0.717, 1.165) is 0 Å². The highest BCUT2D eigenvalue weighted by Crippen LogP contribution is 2.43. The van der Waals surface area contributed by atoms with E-state index in [1.807, 2.05) is 0 Å². The molecule has 0 aliphatic heterocycles. The molecule has 1 aliphatic carbocycles. The lowest BCUT2D eigenvalue weighted by Crippen LogP contribution is -2.12. The van der Waals surface area contributed by atoms with Crippen molar-refractivity contribution in [3.8, 4) is 0 Å². The van der Waals surface area contributed by atoms with Gasteiger partial charge >= 0.3 is 5.97 Å². The van der Waals surface area contributed by atoms with E-state index in [1.54, 1.807) is 6.92 Å². The van der Waals surface area contributed by atoms with Gasteiger partial charge in [0.25, 0.3) is 0 Å². The number of nitrogens with zero attached hydrogens (tertiary/aromatic N) is 2. The largest absolute Gasteiger partial charge is 0.462 e. The van der Waals surface area contributed by atoms with E-state index in [-0.39, 0.29) is 36.0 Å². The number of aromatic nitrogens is 2. The predicted octanol–water partition coefficient (Wildman–Crippen LogP) is 3.21. The molecule has 0 spiro atoms. The lowest BCUT2D eigenvalue weighted by Gasteiger charge is -2.10. The van der Waals surface area contributed by atoms with Crippen LogP contribution in [0, 0.1) is 0 Å². The monoisotopic (exact) mass is 290 g/mol. The summed E-state index contributed by atoms with van der Waals surface area (Å²) < 4.78 is 31.0. The van der Waals surface area contributed by atoms with Gasteiger partial charge in [0.05, 0.1) is 6.61 Å². The number of carbonyl (C=O) groups excluding carboxylic acids is 1. The van der Waals surface area contributed by atoms with Crippen LogP contribution in [0.15, 0.2) is 6.20 Å². The normalized spacial score (nSPS) is 21.4. The average molecular weight is 291 g/mol. The molecule has 7 heteroatoms. The molecule has 1 atom stereocenters. The number of hydrogen-bond acceptors (Lipinski definition) is 4. The molecule has 0 bridgehead atoms. The molecule has 19 heavy (non-hydrogen) atoms. The summed E-state index contributed by atoms with van der Waals surface area (Å²) in [4.78, 5) is 19.4. The maximum Gasteiger partial charge on any atom is 0.342 e. The summed E-state index contributed by atoms with van der Waals surface area (Å²) in [6, 6.07) is 0. The first-order valence-corrected chi connectivity index (χ1v) is 6.38. The summed E-state index contributed by atoms with van der Waals surface area (Å²) in [6.45, 7) is 1.88. The van der Waals surface area contributed by atoms with Gasteiger partial charge in [0, 0.05) is 25.0 Å². The van der Waals surface area contributed by atoms with E-state index in [4.69, 9.17) is 16.3 Å². The molecule has 1 aliphatic rings. The molecular formula is C12H13ClF2N2O2. The Morgan fingerprint density at radius 3 is 2.89 bits per heavy atom. The molecule has 1 unspecified atom stereocenters. The van der Waals surface area contributed by atoms with Gasteiger partial charge in [-0.3, -0.25) is 0 Å². The van der Waals surface area contributed by atoms with Gasteiger partial charge in [-0.2, -0.15) is 0 Å². The summed E-state index contributed by atoms with van der Waals surface area (Å²) in [5.41, 5.74) is 0.0528. The fraction of sp³-hybridized carbons (Fsp3) is 0.583. The molecule has 0 radical (unpaired) electrons. The fourth-order valence-electron chi connectivity index (χ4n) is 2.09. The number of esters is 1. The molecule has 1 aromatic rings. The van der Waals surface area contributed by atoms with Crippen molar-refractivity contribution in [2.24, 2.45) is 0 Å². The molecule has 1 heterocycles. The van der Waals surface area contributed by atoms with Crippen LogP contribution in [0.5, 0.6) is 0 Å². The molecule has 0 N–H and O–H groups in total. The van der Waals surface area contributed by atoms with Gasteiger partial charge in [-0.15, -0.1) is 0 Å². The second-order valence-corrected chi connectivity index (χ2v) is 4.81. The summed E-state index contributed by atoms with van der Waals surface area (Å²) in [5, 5.41) is -0.0568. The van der Waals surface area contributed by atoms with Crippen LogP contribution >= 0.6 is 11.6 Å². The quantitative estimate of drug-likeness (QED) is 0.633. The number of hydrogen-bond donors (Lipinski definition) is 0. The fourth-order valence-corrected chi connectivity index (χ4v) is 2.30. The summed E-state index contributed by atoms with van der Waals surface area (Å²) >= 11 is 5.87. The summed E-state index contributed by atoms with van der Waals surface area (Å²) in [6.07, 6.45) is 1.11. The van der Waals surface area contributed by atoms with Crippen LogP contribution in [0.1, 0.15) is 48.3 Å². The van der Waals surface area contributed by atoms with E-state index in [2.05, 4.69) is 9.97 Å². The van der Waals surface area contributed by atoms with E-state index in [0.29, 0.717) is 6.42 Å². The Bertz CT molecular complexity index is 497. The van der Waals surface area contributed by atoms with Crippen LogP contribution in [0.2, 0.25) is 5.15 Å². The van der Waals surface area contributed by atoms with Gasteiger partial charge in [-0.05, 0) is 13.3 Å². The van der Waals surface area contributed by atoms with Crippen molar-refractivity contribution in [2.75, 3.05) is 6.61 Å². The van der Waals surface area contributed by atoms with Gasteiger partial charge in [-0.25, -0.2) is 23.5 Å². The van der Waals surface area contributed by atoms with E-state index < -0.39 is 17.8 Å². The van der Waals surface area contributed by atoms with Crippen LogP contribution in [-0.2, 0) is 4.74 Å². The minimum Gasteiger partial charge on any atom is -0.462 e. The number of rotatable bonds is 3. The molecular weight excluding hydrogens is 278 g/mol. The highest BCUT2D eigenvalue weighted by atomic mass is 35.5. The van der Waals surface area contributed by atoms with Crippen LogP contribution in [0.25, 0.3) is 0 Å². The van der Waals surface area contributed by atoms with Gasteiger partial charge in [-0.1, -0.05) is 11.6 Å². The van der Waals surface area contributed by atoms with E-state index >= 15 is 0 Å². The molecule has 1 saturated carbocycles. The third-order valence-electron chi connectivity index (χ3n) is 3.02. The van der Waals surface area contributed by atoms with Crippen LogP contribution < -0.4 is 0 Å². The van der Waals surface area contributed by atoms with Gasteiger partial charge < -0.3 is 4.74 Å². The van der Waals surface area contributed by atoms with Crippen molar-refractivity contribution in [1.82, 2.24) is 9.97 Å². The third kappa shape index (κ3) is 3.18. The summed E-state index contributed by atoms with van der Waals surface area (Å²) in [7, 11) is 0. The Labute approximate surface area is 114 Å². The first kappa shape index (κ1) is 14.1. The second-order valence-electron chi connectivity index (χ2n) is 4.45. The van der Waals surface area contributed by atoms with Crippen molar-refractivity contribution in [3.05, 3.63) is 22.7 Å². The SMILES string of the molecule is CCOC(=O)c1cnc(C2CCC(F)(F)C2)nc1Cl. The van der Waals surface area contributed by atoms with Crippen molar-refractivity contribution in [2.45, 2.75) is 38.0 Å². The maximum atomic E-state index is 13.1. The Hall–Kier alpha value is -1.30. The average Bonchev–Trinajstić information content (AvgIpc) is 2.70. The number of carbonyl (C=O) groups is 1. The molecule has 0 aromatic carbocycles. The van der Waals surface area contributed by atoms with Gasteiger partial charge in [0.2, 0.25) is 5.92 Å². The first-order valence-electron chi connectivity index (χ1n) is 6.00. The molecule has 1 aromatic heterocycles. The summed E-state index contributed by atoms with van der Waals surface area (Å²) in [5.74, 6) is -3.44. The second kappa shape index (κ2) is 5.36. The minimum absolute atomic E-state index is 0.0528. The minimum atomic E-state index is -2.67. The highest BCUT2D eigenvalue weighted by Gasteiger charge is 2.41. The zero-order chi connectivity index (χ0) is 14.0. The Morgan fingerprint density at radius 2 is 2.37 bits per heavy atom. The van der Waals surface area contributed by atoms with Crippen LogP contribution in [0.4, 0.5) is 8.78 Å². The molecule has 2 rings (SSSR count). The highest BCUT2D eigenvalue weighted by molar-refractivity contribution is 6.32. The zero-order valence-electron chi connectivity index (χ0n) is 10.3. The predicted molar refractivity (Wildman–Crippen MR) is 64.5 cm³/mol. The molecule has 1 fully saturated rings. The standard InChI is InChI=1S/C12H13ClF2N2O2/c1-2-19-11(18)8-6-16-10(17-9(8)13)7-3-4-12(14,15)5-7/h6-7H,2-5H2,1H3. The third-order valence-corrected chi connectivity index (χ3v) is 3.31. The van der Waals surface area contributed by atoms with Crippen LogP contribution in [0.3, 0.4) is 0 Å². The van der Waals surface area contributed by atoms with E-state index in [1.165, 1.54) is 6.20 Å². The van der Waals surface area contributed by atoms with Gasteiger partial charge in [0.1, 0.15) is 16.5 Å². The van der Waals surface area contributed by atoms with Crippen molar-refractivity contribution >= 4 is 17.6 Å². The molecule has 0 amide bonds. The Morgan fingerprint density at radius 1 is 1.63 bits per heavy atom. The smallest absolute Gasteiger partial charge is 0.342 e. The molecule has 104 valence electrons. The lowest BCUT2D eigenvalue weighted by molar-refractivity contribution is 0.00751. The van der Waals surface area contributed by atoms with Crippen molar-refractivity contribution < 1.29 is 18.3 Å². The number of ether oxygens (including phenoxy) is 1. The number of alkyl halides is 2. The molecule has 4 nitrogen and oxygen atoms in total. The van der Waals surface area contributed by atoms with Crippen molar-refractivity contribution in [3.63, 3.8) is 0 Å². The van der Waals surface area contributed by atoms with Crippen LogP contribution in [-0.4, -0.2) is 28.5 Å². The topological polar surface area (TPSA) is 52.1 Å².